The molecule has 0 bridgehead atoms. The number of urea groups is 1. The number of ether oxygens (including phenoxy) is 1. The average molecular weight is 291 g/mol. The van der Waals surface area contributed by atoms with Gasteiger partial charge in [0.05, 0.1) is 0 Å². The lowest BCUT2D eigenvalue weighted by molar-refractivity contribution is 0.0842. The van der Waals surface area contributed by atoms with E-state index in [4.69, 9.17) is 10.6 Å². The van der Waals surface area contributed by atoms with Gasteiger partial charge in [-0.3, -0.25) is 5.43 Å². The van der Waals surface area contributed by atoms with Crippen molar-refractivity contribution in [1.29, 1.82) is 0 Å². The van der Waals surface area contributed by atoms with Gasteiger partial charge >= 0.3 is 12.1 Å². The zero-order valence-corrected chi connectivity index (χ0v) is 12.0. The maximum Gasteiger partial charge on any atom is 0.418 e. The molecular weight excluding hydrogens is 270 g/mol. The summed E-state index contributed by atoms with van der Waals surface area (Å²) >= 11 is 0. The van der Waals surface area contributed by atoms with Gasteiger partial charge in [0.15, 0.2) is 0 Å². The second-order valence-corrected chi connectivity index (χ2v) is 5.15. The molecule has 6 heteroatoms. The molecule has 1 fully saturated rings. The van der Waals surface area contributed by atoms with E-state index in [0.29, 0.717) is 0 Å². The number of nitrogens with two attached hydrogens (primary N) is 1. The van der Waals surface area contributed by atoms with Gasteiger partial charge in [-0.1, -0.05) is 49.6 Å². The third-order valence-corrected chi connectivity index (χ3v) is 3.68. The Morgan fingerprint density at radius 3 is 2.48 bits per heavy atom. The van der Waals surface area contributed by atoms with Gasteiger partial charge < -0.3 is 4.74 Å². The summed E-state index contributed by atoms with van der Waals surface area (Å²) in [5, 5.41) is 0. The Bertz CT molecular complexity index is 472. The first-order valence-electron chi connectivity index (χ1n) is 7.23. The molecule has 0 aromatic heterocycles. The van der Waals surface area contributed by atoms with E-state index in [9.17, 15) is 9.59 Å². The number of hydrogen-bond acceptors (Lipinski definition) is 4. The average Bonchev–Trinajstić information content (AvgIpc) is 2.55. The number of rotatable bonds is 3. The van der Waals surface area contributed by atoms with Gasteiger partial charge in [0.25, 0.3) is 0 Å². The minimum Gasteiger partial charge on any atom is -0.444 e. The SMILES string of the molecule is NNC(=O)N(C(=O)OCc1ccccc1)C1CCCCC1. The molecule has 6 nitrogen and oxygen atoms in total. The first-order chi connectivity index (χ1) is 10.2. The molecule has 0 atom stereocenters. The first kappa shape index (κ1) is 15.3. The number of hydrogen-bond donors (Lipinski definition) is 2. The van der Waals surface area contributed by atoms with Crippen LogP contribution >= 0.6 is 0 Å². The van der Waals surface area contributed by atoms with Gasteiger partial charge in [-0.15, -0.1) is 0 Å². The molecule has 0 heterocycles. The lowest BCUT2D eigenvalue weighted by Gasteiger charge is -2.31. The predicted molar refractivity (Wildman–Crippen MR) is 78.1 cm³/mol. The van der Waals surface area contributed by atoms with Crippen molar-refractivity contribution in [3.05, 3.63) is 35.9 Å². The van der Waals surface area contributed by atoms with Crippen molar-refractivity contribution in [2.45, 2.75) is 44.8 Å². The Hall–Kier alpha value is -2.08. The number of hydrazine groups is 1. The van der Waals surface area contributed by atoms with Crippen LogP contribution in [0.1, 0.15) is 37.7 Å². The van der Waals surface area contributed by atoms with Gasteiger partial charge in [0.2, 0.25) is 0 Å². The molecule has 0 saturated heterocycles. The van der Waals surface area contributed by atoms with Gasteiger partial charge in [0, 0.05) is 6.04 Å². The van der Waals surface area contributed by atoms with E-state index < -0.39 is 12.1 Å². The Balaban J connectivity index is 1.98. The van der Waals surface area contributed by atoms with Crippen LogP contribution < -0.4 is 11.3 Å². The fourth-order valence-electron chi connectivity index (χ4n) is 2.60. The smallest absolute Gasteiger partial charge is 0.418 e. The molecule has 0 spiro atoms. The fraction of sp³-hybridized carbons (Fsp3) is 0.467. The lowest BCUT2D eigenvalue weighted by Crippen LogP contribution is -2.52. The van der Waals surface area contributed by atoms with E-state index in [2.05, 4.69) is 0 Å². The second-order valence-electron chi connectivity index (χ2n) is 5.15. The minimum absolute atomic E-state index is 0.134. The Kier molecular flexibility index (Phi) is 5.57. The summed E-state index contributed by atoms with van der Waals surface area (Å²) in [7, 11) is 0. The standard InChI is InChI=1S/C15H21N3O3/c16-17-14(19)18(13-9-5-2-6-10-13)15(20)21-11-12-7-3-1-4-8-12/h1,3-4,7-8,13H,2,5-6,9-11,16H2,(H,17,19). The molecule has 1 aromatic rings. The highest BCUT2D eigenvalue weighted by atomic mass is 16.6. The topological polar surface area (TPSA) is 84.7 Å². The molecule has 21 heavy (non-hydrogen) atoms. The molecule has 1 aliphatic carbocycles. The molecule has 0 unspecified atom stereocenters. The van der Waals surface area contributed by atoms with Gasteiger partial charge in [-0.2, -0.15) is 0 Å². The van der Waals surface area contributed by atoms with Crippen LogP contribution in [0.3, 0.4) is 0 Å². The quantitative estimate of drug-likeness (QED) is 0.509. The van der Waals surface area contributed by atoms with E-state index in [0.717, 1.165) is 42.6 Å². The van der Waals surface area contributed by atoms with Crippen molar-refractivity contribution in [3.8, 4) is 0 Å². The highest BCUT2D eigenvalue weighted by Crippen LogP contribution is 2.23. The lowest BCUT2D eigenvalue weighted by atomic mass is 9.94. The third kappa shape index (κ3) is 4.19. The zero-order chi connectivity index (χ0) is 15.1. The van der Waals surface area contributed by atoms with Crippen LogP contribution in [0.4, 0.5) is 9.59 Å². The van der Waals surface area contributed by atoms with Crippen molar-refractivity contribution in [1.82, 2.24) is 10.3 Å². The number of amides is 3. The first-order valence-corrected chi connectivity index (χ1v) is 7.23. The molecule has 3 N–H and O–H groups in total. The van der Waals surface area contributed by atoms with E-state index in [-0.39, 0.29) is 12.6 Å². The number of imide groups is 1. The largest absolute Gasteiger partial charge is 0.444 e. The summed E-state index contributed by atoms with van der Waals surface area (Å²) in [6, 6.07) is 8.61. The Morgan fingerprint density at radius 2 is 1.86 bits per heavy atom. The summed E-state index contributed by atoms with van der Waals surface area (Å²) in [6.45, 7) is 0.140. The summed E-state index contributed by atoms with van der Waals surface area (Å²) in [5.74, 6) is 5.18. The maximum atomic E-state index is 12.2. The van der Waals surface area contributed by atoms with Gasteiger partial charge in [-0.25, -0.2) is 20.3 Å². The van der Waals surface area contributed by atoms with Crippen LogP contribution in [0, 0.1) is 0 Å². The van der Waals surface area contributed by atoms with Crippen molar-refractivity contribution >= 4 is 12.1 Å². The fourth-order valence-corrected chi connectivity index (χ4v) is 2.60. The number of nitrogens with zero attached hydrogens (tertiary/aromatic N) is 1. The summed E-state index contributed by atoms with van der Waals surface area (Å²) in [6.07, 6.45) is 4.10. The molecule has 0 aliphatic heterocycles. The Morgan fingerprint density at radius 1 is 1.19 bits per heavy atom. The number of nitrogens with one attached hydrogen (secondary N) is 1. The highest BCUT2D eigenvalue weighted by Gasteiger charge is 2.31. The van der Waals surface area contributed by atoms with Crippen LogP contribution in [-0.4, -0.2) is 23.1 Å². The van der Waals surface area contributed by atoms with Crippen molar-refractivity contribution in [3.63, 3.8) is 0 Å². The number of carbonyl (C=O) groups excluding carboxylic acids is 2. The maximum absolute atomic E-state index is 12.2. The molecule has 0 radical (unpaired) electrons. The number of benzene rings is 1. The van der Waals surface area contributed by atoms with Crippen LogP contribution in [-0.2, 0) is 11.3 Å². The summed E-state index contributed by atoms with van der Waals surface area (Å²) in [4.78, 5) is 25.2. The predicted octanol–water partition coefficient (Wildman–Crippen LogP) is 2.54. The van der Waals surface area contributed by atoms with Crippen LogP contribution in [0.15, 0.2) is 30.3 Å². The normalized spacial score (nSPS) is 15.3. The van der Waals surface area contributed by atoms with Gasteiger partial charge in [0.1, 0.15) is 6.61 Å². The van der Waals surface area contributed by atoms with Crippen molar-refractivity contribution in [2.24, 2.45) is 5.84 Å². The number of carbonyl (C=O) groups is 2. The van der Waals surface area contributed by atoms with Crippen LogP contribution in [0.25, 0.3) is 0 Å². The minimum atomic E-state index is -0.645. The van der Waals surface area contributed by atoms with E-state index in [1.807, 2.05) is 35.8 Å². The molecule has 2 rings (SSSR count). The van der Waals surface area contributed by atoms with E-state index in [1.54, 1.807) is 0 Å². The monoisotopic (exact) mass is 291 g/mol. The second kappa shape index (κ2) is 7.64. The Labute approximate surface area is 124 Å². The third-order valence-electron chi connectivity index (χ3n) is 3.68. The van der Waals surface area contributed by atoms with Crippen LogP contribution in [0.5, 0.6) is 0 Å². The van der Waals surface area contributed by atoms with E-state index in [1.165, 1.54) is 0 Å². The molecular formula is C15H21N3O3. The van der Waals surface area contributed by atoms with Crippen molar-refractivity contribution in [2.75, 3.05) is 0 Å². The van der Waals surface area contributed by atoms with Crippen LogP contribution in [0.2, 0.25) is 0 Å². The molecule has 1 aliphatic rings. The van der Waals surface area contributed by atoms with Crippen molar-refractivity contribution < 1.29 is 14.3 Å². The molecule has 1 aromatic carbocycles. The molecule has 114 valence electrons. The molecule has 3 amide bonds. The van der Waals surface area contributed by atoms with Gasteiger partial charge in [-0.05, 0) is 18.4 Å². The zero-order valence-electron chi connectivity index (χ0n) is 12.0. The van der Waals surface area contributed by atoms with E-state index >= 15 is 0 Å². The summed E-state index contributed by atoms with van der Waals surface area (Å²) < 4.78 is 5.24. The highest BCUT2D eigenvalue weighted by molar-refractivity contribution is 5.91. The summed E-state index contributed by atoms with van der Waals surface area (Å²) in [5.41, 5.74) is 2.91. The molecule has 1 saturated carbocycles.